The molecule has 112 valence electrons. The van der Waals surface area contributed by atoms with E-state index in [-0.39, 0.29) is 11.9 Å². The highest BCUT2D eigenvalue weighted by molar-refractivity contribution is 7.98. The van der Waals surface area contributed by atoms with Gasteiger partial charge >= 0.3 is 0 Å². The van der Waals surface area contributed by atoms with E-state index in [1.165, 1.54) is 5.56 Å². The molecule has 3 nitrogen and oxygen atoms in total. The van der Waals surface area contributed by atoms with Crippen molar-refractivity contribution in [2.24, 2.45) is 0 Å². The summed E-state index contributed by atoms with van der Waals surface area (Å²) in [6.07, 6.45) is 1.99. The lowest BCUT2D eigenvalue weighted by molar-refractivity contribution is 0.0939. The van der Waals surface area contributed by atoms with Crippen molar-refractivity contribution in [2.45, 2.75) is 10.9 Å². The lowest BCUT2D eigenvalue weighted by Gasteiger charge is -2.24. The van der Waals surface area contributed by atoms with Crippen LogP contribution in [0.5, 0.6) is 0 Å². The Balaban J connectivity index is 2.06. The summed E-state index contributed by atoms with van der Waals surface area (Å²) in [7, 11) is 4.06. The first-order chi connectivity index (χ1) is 10.1. The first kappa shape index (κ1) is 16.1. The molecule has 0 radical (unpaired) electrons. The molecule has 2 rings (SSSR count). The molecule has 2 aromatic rings. The molecule has 1 amide bonds. The quantitative estimate of drug-likeness (QED) is 0.827. The Hall–Kier alpha value is -1.30. The summed E-state index contributed by atoms with van der Waals surface area (Å²) in [4.78, 5) is 15.5. The first-order valence-corrected chi connectivity index (χ1v) is 8.90. The van der Waals surface area contributed by atoms with Gasteiger partial charge in [-0.3, -0.25) is 4.79 Å². The molecule has 21 heavy (non-hydrogen) atoms. The van der Waals surface area contributed by atoms with Gasteiger partial charge in [-0.05, 0) is 54.9 Å². The fraction of sp³-hybridized carbons (Fsp3) is 0.312. The summed E-state index contributed by atoms with van der Waals surface area (Å²) in [6, 6.07) is 10.0. The van der Waals surface area contributed by atoms with E-state index in [0.29, 0.717) is 6.54 Å². The van der Waals surface area contributed by atoms with E-state index in [2.05, 4.69) is 27.0 Å². The second kappa shape index (κ2) is 7.64. The monoisotopic (exact) mass is 320 g/mol. The van der Waals surface area contributed by atoms with Crippen molar-refractivity contribution in [3.63, 3.8) is 0 Å². The van der Waals surface area contributed by atoms with Gasteiger partial charge in [-0.15, -0.1) is 11.8 Å². The smallest absolute Gasteiger partial charge is 0.252 e. The summed E-state index contributed by atoms with van der Waals surface area (Å²) in [5.74, 6) is -0.0120. The number of thioether (sulfide) groups is 1. The lowest BCUT2D eigenvalue weighted by Crippen LogP contribution is -2.34. The van der Waals surface area contributed by atoms with Gasteiger partial charge in [0.15, 0.2) is 0 Å². The number of carbonyl (C=O) groups excluding carboxylic acids is 1. The predicted molar refractivity (Wildman–Crippen MR) is 91.3 cm³/mol. The van der Waals surface area contributed by atoms with Crippen LogP contribution >= 0.6 is 23.1 Å². The minimum Gasteiger partial charge on any atom is -0.350 e. The number of amides is 1. The van der Waals surface area contributed by atoms with E-state index in [1.54, 1.807) is 23.1 Å². The van der Waals surface area contributed by atoms with Gasteiger partial charge in [0.2, 0.25) is 0 Å². The molecule has 0 fully saturated rings. The number of hydrogen-bond acceptors (Lipinski definition) is 4. The molecule has 0 saturated heterocycles. The number of benzene rings is 1. The maximum atomic E-state index is 12.4. The average Bonchev–Trinajstić information content (AvgIpc) is 3.01. The Morgan fingerprint density at radius 1 is 1.33 bits per heavy atom. The molecular weight excluding hydrogens is 300 g/mol. The second-order valence-corrected chi connectivity index (χ2v) is 6.57. The van der Waals surface area contributed by atoms with Crippen LogP contribution in [0.25, 0.3) is 0 Å². The maximum Gasteiger partial charge on any atom is 0.252 e. The van der Waals surface area contributed by atoms with E-state index in [4.69, 9.17) is 0 Å². The fourth-order valence-corrected chi connectivity index (χ4v) is 3.48. The maximum absolute atomic E-state index is 12.4. The number of rotatable bonds is 6. The third-order valence-corrected chi connectivity index (χ3v) is 4.86. The molecule has 0 bridgehead atoms. The Morgan fingerprint density at radius 3 is 2.71 bits per heavy atom. The van der Waals surface area contributed by atoms with Crippen LogP contribution in [0.2, 0.25) is 0 Å². The molecule has 0 aliphatic rings. The minimum atomic E-state index is -0.0120. The number of hydrogen-bond donors (Lipinski definition) is 1. The molecule has 0 aliphatic heterocycles. The number of thiophene rings is 1. The third-order valence-electron chi connectivity index (χ3n) is 3.36. The number of carbonyl (C=O) groups is 1. The first-order valence-electron chi connectivity index (χ1n) is 6.73. The molecule has 1 aromatic carbocycles. The van der Waals surface area contributed by atoms with Gasteiger partial charge in [-0.25, -0.2) is 0 Å². The van der Waals surface area contributed by atoms with Crippen molar-refractivity contribution < 1.29 is 4.79 Å². The van der Waals surface area contributed by atoms with Crippen LogP contribution in [0.1, 0.15) is 22.0 Å². The van der Waals surface area contributed by atoms with Crippen molar-refractivity contribution in [1.29, 1.82) is 0 Å². The number of nitrogens with zero attached hydrogens (tertiary/aromatic N) is 1. The standard InChI is InChI=1S/C16H20N2OS2/c1-18(2)14(12-8-9-21-11-12)10-17-16(19)13-6-4-5-7-15(13)20-3/h4-9,11,14H,10H2,1-3H3,(H,17,19)/t14-/m1/s1. The van der Waals surface area contributed by atoms with Crippen molar-refractivity contribution >= 4 is 29.0 Å². The zero-order valence-electron chi connectivity index (χ0n) is 12.5. The summed E-state index contributed by atoms with van der Waals surface area (Å²) in [6.45, 7) is 0.602. The van der Waals surface area contributed by atoms with Gasteiger partial charge in [0, 0.05) is 11.4 Å². The molecule has 0 aliphatic carbocycles. The molecule has 0 saturated carbocycles. The normalized spacial score (nSPS) is 12.4. The highest BCUT2D eigenvalue weighted by Crippen LogP contribution is 2.22. The average molecular weight is 320 g/mol. The summed E-state index contributed by atoms with van der Waals surface area (Å²) >= 11 is 3.27. The fourth-order valence-electron chi connectivity index (χ4n) is 2.18. The number of nitrogens with one attached hydrogen (secondary N) is 1. The minimum absolute atomic E-state index is 0.0120. The van der Waals surface area contributed by atoms with Gasteiger partial charge in [0.25, 0.3) is 5.91 Å². The lowest BCUT2D eigenvalue weighted by atomic mass is 10.1. The summed E-state index contributed by atoms with van der Waals surface area (Å²) in [5.41, 5.74) is 1.98. The zero-order chi connectivity index (χ0) is 15.2. The van der Waals surface area contributed by atoms with E-state index in [1.807, 2.05) is 44.6 Å². The van der Waals surface area contributed by atoms with Crippen LogP contribution in [-0.4, -0.2) is 37.7 Å². The zero-order valence-corrected chi connectivity index (χ0v) is 14.1. The molecule has 1 atom stereocenters. The van der Waals surface area contributed by atoms with E-state index in [9.17, 15) is 4.79 Å². The van der Waals surface area contributed by atoms with Crippen LogP contribution in [0.3, 0.4) is 0 Å². The summed E-state index contributed by atoms with van der Waals surface area (Å²) in [5, 5.41) is 7.25. The van der Waals surface area contributed by atoms with Crippen LogP contribution in [0.15, 0.2) is 46.0 Å². The van der Waals surface area contributed by atoms with E-state index in [0.717, 1.165) is 10.5 Å². The SMILES string of the molecule is CSc1ccccc1C(=O)NC[C@H](c1ccsc1)N(C)C. The largest absolute Gasteiger partial charge is 0.350 e. The Labute approximate surface area is 134 Å². The highest BCUT2D eigenvalue weighted by Gasteiger charge is 2.17. The van der Waals surface area contributed by atoms with Crippen LogP contribution < -0.4 is 5.32 Å². The van der Waals surface area contributed by atoms with Crippen molar-refractivity contribution in [1.82, 2.24) is 10.2 Å². The second-order valence-electron chi connectivity index (χ2n) is 4.95. The predicted octanol–water partition coefficient (Wildman–Crippen LogP) is 3.50. The van der Waals surface area contributed by atoms with Gasteiger partial charge in [-0.1, -0.05) is 12.1 Å². The Bertz CT molecular complexity index is 582. The highest BCUT2D eigenvalue weighted by atomic mass is 32.2. The molecule has 0 spiro atoms. The molecule has 1 aromatic heterocycles. The van der Waals surface area contributed by atoms with Gasteiger partial charge in [0.1, 0.15) is 0 Å². The van der Waals surface area contributed by atoms with E-state index < -0.39 is 0 Å². The van der Waals surface area contributed by atoms with Crippen LogP contribution in [-0.2, 0) is 0 Å². The van der Waals surface area contributed by atoms with E-state index >= 15 is 0 Å². The van der Waals surface area contributed by atoms with Crippen molar-refractivity contribution in [3.05, 3.63) is 52.2 Å². The van der Waals surface area contributed by atoms with Gasteiger partial charge in [0.05, 0.1) is 11.6 Å². The van der Waals surface area contributed by atoms with Gasteiger partial charge in [-0.2, -0.15) is 11.3 Å². The molecular formula is C16H20N2OS2. The Kier molecular flexibility index (Phi) is 5.85. The van der Waals surface area contributed by atoms with Crippen molar-refractivity contribution in [3.8, 4) is 0 Å². The molecule has 0 unspecified atom stereocenters. The van der Waals surface area contributed by atoms with Gasteiger partial charge < -0.3 is 10.2 Å². The molecule has 1 heterocycles. The molecule has 1 N–H and O–H groups in total. The number of likely N-dealkylation sites (N-methyl/N-ethyl adjacent to an activating group) is 1. The summed E-state index contributed by atoms with van der Waals surface area (Å²) < 4.78 is 0. The van der Waals surface area contributed by atoms with Crippen LogP contribution in [0.4, 0.5) is 0 Å². The van der Waals surface area contributed by atoms with Crippen LogP contribution in [0, 0.1) is 0 Å². The van der Waals surface area contributed by atoms with Crippen molar-refractivity contribution in [2.75, 3.05) is 26.9 Å². The molecule has 5 heteroatoms. The topological polar surface area (TPSA) is 32.3 Å². The third kappa shape index (κ3) is 4.09. The Morgan fingerprint density at radius 2 is 2.10 bits per heavy atom.